The molecule has 0 aromatic heterocycles. The Bertz CT molecular complexity index is 715. The van der Waals surface area contributed by atoms with Gasteiger partial charge < -0.3 is 9.47 Å². The quantitative estimate of drug-likeness (QED) is 0.765. The zero-order valence-electron chi connectivity index (χ0n) is 14.8. The molecule has 1 fully saturated rings. The second kappa shape index (κ2) is 5.76. The average molecular weight is 328 g/mol. The lowest BCUT2D eigenvalue weighted by molar-refractivity contribution is -0.157. The van der Waals surface area contributed by atoms with Gasteiger partial charge in [-0.2, -0.15) is 0 Å². The molecule has 1 heterocycles. The van der Waals surface area contributed by atoms with Crippen LogP contribution in [0.2, 0.25) is 0 Å². The van der Waals surface area contributed by atoms with Gasteiger partial charge in [-0.15, -0.1) is 0 Å². The first-order valence-corrected chi connectivity index (χ1v) is 8.51. The standard InChI is InChI=1S/C20H24O4/c1-13-9-5-6-10-14(13)15-16(23-18(22)19(2,3)4)20(24-17(15)21)11-7-8-12-20/h5-6,9-10H,7-8,11-12H2,1-4H3. The van der Waals surface area contributed by atoms with Gasteiger partial charge in [-0.05, 0) is 64.5 Å². The van der Waals surface area contributed by atoms with Crippen molar-refractivity contribution >= 4 is 17.5 Å². The fourth-order valence-electron chi connectivity index (χ4n) is 3.35. The van der Waals surface area contributed by atoms with Gasteiger partial charge >= 0.3 is 11.9 Å². The van der Waals surface area contributed by atoms with E-state index in [4.69, 9.17) is 9.47 Å². The highest BCUT2D eigenvalue weighted by Crippen LogP contribution is 2.49. The Morgan fingerprint density at radius 2 is 1.79 bits per heavy atom. The lowest BCUT2D eigenvalue weighted by Crippen LogP contribution is -2.33. The van der Waals surface area contributed by atoms with Crippen molar-refractivity contribution in [3.05, 3.63) is 41.2 Å². The van der Waals surface area contributed by atoms with E-state index >= 15 is 0 Å². The van der Waals surface area contributed by atoms with Crippen LogP contribution in [-0.4, -0.2) is 17.5 Å². The number of hydrogen-bond acceptors (Lipinski definition) is 4. The SMILES string of the molecule is Cc1ccccc1C1=C(OC(=O)C(C)(C)C)C2(CCCC2)OC1=O. The van der Waals surface area contributed by atoms with E-state index < -0.39 is 11.0 Å². The molecule has 1 aromatic rings. The fraction of sp³-hybridized carbons (Fsp3) is 0.500. The average Bonchev–Trinajstić information content (AvgIpc) is 3.06. The van der Waals surface area contributed by atoms with Crippen LogP contribution in [0, 0.1) is 12.3 Å². The summed E-state index contributed by atoms with van der Waals surface area (Å²) in [6.45, 7) is 7.37. The van der Waals surface area contributed by atoms with Crippen LogP contribution in [0.15, 0.2) is 30.0 Å². The van der Waals surface area contributed by atoms with E-state index in [2.05, 4.69) is 0 Å². The van der Waals surface area contributed by atoms with Crippen LogP contribution < -0.4 is 0 Å². The number of esters is 2. The van der Waals surface area contributed by atoms with Crippen LogP contribution in [0.3, 0.4) is 0 Å². The highest BCUT2D eigenvalue weighted by Gasteiger charge is 2.52. The molecule has 128 valence electrons. The Balaban J connectivity index is 2.14. The molecule has 4 nitrogen and oxygen atoms in total. The van der Waals surface area contributed by atoms with Crippen molar-refractivity contribution in [1.29, 1.82) is 0 Å². The first kappa shape index (κ1) is 16.7. The van der Waals surface area contributed by atoms with E-state index in [-0.39, 0.29) is 11.9 Å². The minimum atomic E-state index is -0.768. The molecule has 4 heteroatoms. The largest absolute Gasteiger partial charge is 0.447 e. The maximum Gasteiger partial charge on any atom is 0.343 e. The van der Waals surface area contributed by atoms with Crippen LogP contribution in [0.5, 0.6) is 0 Å². The van der Waals surface area contributed by atoms with Gasteiger partial charge in [-0.1, -0.05) is 24.3 Å². The lowest BCUT2D eigenvalue weighted by atomic mass is 9.92. The van der Waals surface area contributed by atoms with Crippen LogP contribution in [-0.2, 0) is 19.1 Å². The van der Waals surface area contributed by atoms with Gasteiger partial charge in [0, 0.05) is 0 Å². The molecule has 24 heavy (non-hydrogen) atoms. The van der Waals surface area contributed by atoms with Gasteiger partial charge in [0.1, 0.15) is 5.57 Å². The van der Waals surface area contributed by atoms with Gasteiger partial charge in [0.25, 0.3) is 0 Å². The Morgan fingerprint density at radius 1 is 1.17 bits per heavy atom. The van der Waals surface area contributed by atoms with Crippen LogP contribution in [0.25, 0.3) is 5.57 Å². The van der Waals surface area contributed by atoms with Crippen molar-refractivity contribution in [3.63, 3.8) is 0 Å². The third kappa shape index (κ3) is 2.74. The fourth-order valence-corrected chi connectivity index (χ4v) is 3.35. The summed E-state index contributed by atoms with van der Waals surface area (Å²) in [5.41, 5.74) is 0.740. The number of carbonyl (C=O) groups excluding carboxylic acids is 2. The molecule has 1 aromatic carbocycles. The number of ether oxygens (including phenoxy) is 2. The summed E-state index contributed by atoms with van der Waals surface area (Å²) in [7, 11) is 0. The van der Waals surface area contributed by atoms with E-state index in [1.54, 1.807) is 0 Å². The van der Waals surface area contributed by atoms with E-state index in [0.29, 0.717) is 24.2 Å². The van der Waals surface area contributed by atoms with E-state index in [0.717, 1.165) is 24.0 Å². The van der Waals surface area contributed by atoms with Crippen molar-refractivity contribution < 1.29 is 19.1 Å². The maximum atomic E-state index is 12.7. The molecular formula is C20H24O4. The van der Waals surface area contributed by atoms with Crippen LogP contribution in [0.1, 0.15) is 57.6 Å². The number of hydrogen-bond donors (Lipinski definition) is 0. The monoisotopic (exact) mass is 328 g/mol. The smallest absolute Gasteiger partial charge is 0.343 e. The molecule has 0 atom stereocenters. The minimum absolute atomic E-state index is 0.340. The molecule has 0 amide bonds. The lowest BCUT2D eigenvalue weighted by Gasteiger charge is -2.27. The molecule has 0 bridgehead atoms. The summed E-state index contributed by atoms with van der Waals surface area (Å²) >= 11 is 0. The number of benzene rings is 1. The van der Waals surface area contributed by atoms with Gasteiger partial charge in [-0.25, -0.2) is 4.79 Å². The number of rotatable bonds is 2. The zero-order chi connectivity index (χ0) is 17.5. The molecule has 1 aliphatic carbocycles. The van der Waals surface area contributed by atoms with Crippen molar-refractivity contribution in [2.24, 2.45) is 5.41 Å². The van der Waals surface area contributed by atoms with Crippen molar-refractivity contribution in [2.45, 2.75) is 59.0 Å². The molecule has 2 aliphatic rings. The molecule has 3 rings (SSSR count). The molecule has 0 saturated heterocycles. The van der Waals surface area contributed by atoms with Gasteiger partial charge in [0.15, 0.2) is 11.4 Å². The zero-order valence-corrected chi connectivity index (χ0v) is 14.8. The topological polar surface area (TPSA) is 52.6 Å². The van der Waals surface area contributed by atoms with Crippen LogP contribution in [0.4, 0.5) is 0 Å². The number of aryl methyl sites for hydroxylation is 1. The minimum Gasteiger partial charge on any atom is -0.447 e. The normalized spacial score (nSPS) is 19.8. The molecular weight excluding hydrogens is 304 g/mol. The van der Waals surface area contributed by atoms with Gasteiger partial charge in [0.05, 0.1) is 5.41 Å². The van der Waals surface area contributed by atoms with Crippen LogP contribution >= 0.6 is 0 Å². The molecule has 1 spiro atoms. The summed E-state index contributed by atoms with van der Waals surface area (Å²) in [4.78, 5) is 25.2. The molecule has 1 aliphatic heterocycles. The summed E-state index contributed by atoms with van der Waals surface area (Å²) in [6.07, 6.45) is 3.34. The highest BCUT2D eigenvalue weighted by atomic mass is 16.6. The predicted octanol–water partition coefficient (Wildman–Crippen LogP) is 4.17. The van der Waals surface area contributed by atoms with Crippen molar-refractivity contribution in [3.8, 4) is 0 Å². The molecule has 1 saturated carbocycles. The Hall–Kier alpha value is -2.10. The van der Waals surface area contributed by atoms with E-state index in [1.165, 1.54) is 0 Å². The van der Waals surface area contributed by atoms with E-state index in [1.807, 2.05) is 52.0 Å². The summed E-state index contributed by atoms with van der Waals surface area (Å²) in [5.74, 6) is -0.310. The third-order valence-electron chi connectivity index (χ3n) is 4.77. The van der Waals surface area contributed by atoms with Gasteiger partial charge in [0.2, 0.25) is 0 Å². The first-order valence-electron chi connectivity index (χ1n) is 8.51. The Kier molecular flexibility index (Phi) is 4.02. The van der Waals surface area contributed by atoms with Gasteiger partial charge in [-0.3, -0.25) is 4.79 Å². The highest BCUT2D eigenvalue weighted by molar-refractivity contribution is 6.20. The Labute approximate surface area is 142 Å². The second-order valence-electron chi connectivity index (χ2n) is 7.75. The van der Waals surface area contributed by atoms with E-state index in [9.17, 15) is 9.59 Å². The molecule has 0 unspecified atom stereocenters. The third-order valence-corrected chi connectivity index (χ3v) is 4.77. The summed E-state index contributed by atoms with van der Waals surface area (Å²) < 4.78 is 11.6. The molecule has 0 radical (unpaired) electrons. The van der Waals surface area contributed by atoms with Crippen molar-refractivity contribution in [1.82, 2.24) is 0 Å². The summed E-state index contributed by atoms with van der Waals surface area (Å²) in [5, 5.41) is 0. The maximum absolute atomic E-state index is 12.7. The summed E-state index contributed by atoms with van der Waals surface area (Å²) in [6, 6.07) is 7.63. The predicted molar refractivity (Wildman–Crippen MR) is 90.9 cm³/mol. The molecule has 0 N–H and O–H groups in total. The second-order valence-corrected chi connectivity index (χ2v) is 7.75. The Morgan fingerprint density at radius 3 is 2.38 bits per heavy atom. The first-order chi connectivity index (χ1) is 11.2. The number of carbonyl (C=O) groups is 2. The van der Waals surface area contributed by atoms with Crippen molar-refractivity contribution in [2.75, 3.05) is 0 Å².